The maximum absolute atomic E-state index is 13.1. The van der Waals surface area contributed by atoms with Gasteiger partial charge in [-0.1, -0.05) is 6.92 Å². The van der Waals surface area contributed by atoms with Gasteiger partial charge in [-0.15, -0.1) is 0 Å². The van der Waals surface area contributed by atoms with Gasteiger partial charge in [-0.3, -0.25) is 9.59 Å². The number of nitrogens with zero attached hydrogens (tertiary/aromatic N) is 4. The normalized spacial score (nSPS) is 35.3. The quantitative estimate of drug-likeness (QED) is 0.787. The molecule has 3 heterocycles. The number of carbonyl (C=O) groups excluding carboxylic acids is 2. The first-order chi connectivity index (χ1) is 11.0. The van der Waals surface area contributed by atoms with E-state index >= 15 is 0 Å². The molecule has 23 heavy (non-hydrogen) atoms. The number of aromatic nitrogens is 2. The molecule has 6 heteroatoms. The Kier molecular flexibility index (Phi) is 3.18. The fraction of sp³-hybridized carbons (Fsp3) is 0.647. The highest BCUT2D eigenvalue weighted by atomic mass is 16.2. The smallest absolute Gasteiger partial charge is 0.256 e. The summed E-state index contributed by atoms with van der Waals surface area (Å²) >= 11 is 0. The van der Waals surface area contributed by atoms with Crippen LogP contribution in [-0.4, -0.2) is 56.5 Å². The molecule has 1 aromatic rings. The number of likely N-dealkylation sites (tertiary alicyclic amines) is 2. The molecular weight excluding hydrogens is 292 g/mol. The first kappa shape index (κ1) is 14.6. The molecule has 2 aliphatic heterocycles. The molecule has 1 aliphatic carbocycles. The Morgan fingerprint density at radius 3 is 2.74 bits per heavy atom. The van der Waals surface area contributed by atoms with Gasteiger partial charge in [0.05, 0.1) is 24.0 Å². The average molecular weight is 314 g/mol. The standard InChI is InChI=1S/C17H22N4O2/c1-11(22)20-10-13-8-17(2)14(20)4-3-5-15(17)21(13)16(23)12-6-7-18-19-9-12/h6-7,9,13-15H,3-5,8,10H2,1-2H3/t13-,14+,15-,17+/m0/s1. The van der Waals surface area contributed by atoms with E-state index in [0.29, 0.717) is 12.1 Å². The van der Waals surface area contributed by atoms with Crippen molar-refractivity contribution >= 4 is 11.8 Å². The van der Waals surface area contributed by atoms with Crippen LogP contribution in [0.5, 0.6) is 0 Å². The van der Waals surface area contributed by atoms with Crippen LogP contribution >= 0.6 is 0 Å². The van der Waals surface area contributed by atoms with Crippen LogP contribution < -0.4 is 0 Å². The minimum Gasteiger partial charge on any atom is -0.337 e. The lowest BCUT2D eigenvalue weighted by Crippen LogP contribution is -2.57. The predicted octanol–water partition coefficient (Wildman–Crippen LogP) is 1.48. The zero-order chi connectivity index (χ0) is 16.2. The molecule has 0 N–H and O–H groups in total. The highest BCUT2D eigenvalue weighted by Crippen LogP contribution is 2.54. The molecular formula is C17H22N4O2. The molecule has 0 radical (unpaired) electrons. The van der Waals surface area contributed by atoms with Crippen molar-refractivity contribution < 1.29 is 9.59 Å². The van der Waals surface area contributed by atoms with Crippen molar-refractivity contribution in [3.63, 3.8) is 0 Å². The van der Waals surface area contributed by atoms with Crippen molar-refractivity contribution in [2.75, 3.05) is 6.54 Å². The van der Waals surface area contributed by atoms with Crippen LogP contribution in [0.25, 0.3) is 0 Å². The molecule has 0 spiro atoms. The summed E-state index contributed by atoms with van der Waals surface area (Å²) in [6.07, 6.45) is 7.24. The third-order valence-corrected chi connectivity index (χ3v) is 6.14. The Bertz CT molecular complexity index is 649. The van der Waals surface area contributed by atoms with E-state index < -0.39 is 0 Å². The first-order valence-electron chi connectivity index (χ1n) is 8.39. The summed E-state index contributed by atoms with van der Waals surface area (Å²) in [4.78, 5) is 29.2. The molecule has 1 aromatic heterocycles. The topological polar surface area (TPSA) is 66.4 Å². The van der Waals surface area contributed by atoms with Gasteiger partial charge in [0.2, 0.25) is 5.91 Å². The van der Waals surface area contributed by atoms with Gasteiger partial charge in [-0.2, -0.15) is 10.2 Å². The van der Waals surface area contributed by atoms with E-state index in [1.807, 2.05) is 9.80 Å². The number of hydrogen-bond acceptors (Lipinski definition) is 4. The fourth-order valence-electron chi connectivity index (χ4n) is 5.22. The van der Waals surface area contributed by atoms with Crippen LogP contribution in [0.2, 0.25) is 0 Å². The Balaban J connectivity index is 1.73. The van der Waals surface area contributed by atoms with Crippen molar-refractivity contribution in [3.05, 3.63) is 24.0 Å². The van der Waals surface area contributed by atoms with Gasteiger partial charge < -0.3 is 9.80 Å². The maximum atomic E-state index is 13.1. The number of rotatable bonds is 1. The Hall–Kier alpha value is -1.98. The van der Waals surface area contributed by atoms with Crippen LogP contribution in [-0.2, 0) is 4.79 Å². The number of piperidine rings is 1. The van der Waals surface area contributed by atoms with Gasteiger partial charge in [0.15, 0.2) is 0 Å². The Morgan fingerprint density at radius 2 is 2.04 bits per heavy atom. The van der Waals surface area contributed by atoms with Gasteiger partial charge in [-0.25, -0.2) is 0 Å². The minimum atomic E-state index is 0.0168. The fourth-order valence-corrected chi connectivity index (χ4v) is 5.22. The Morgan fingerprint density at radius 1 is 1.26 bits per heavy atom. The molecule has 2 bridgehead atoms. The van der Waals surface area contributed by atoms with Gasteiger partial charge in [-0.05, 0) is 31.7 Å². The molecule has 1 saturated carbocycles. The van der Waals surface area contributed by atoms with Crippen molar-refractivity contribution in [1.29, 1.82) is 0 Å². The second-order valence-corrected chi connectivity index (χ2v) is 7.34. The van der Waals surface area contributed by atoms with Gasteiger partial charge in [0, 0.05) is 31.0 Å². The first-order valence-corrected chi connectivity index (χ1v) is 8.39. The van der Waals surface area contributed by atoms with E-state index in [9.17, 15) is 9.59 Å². The summed E-state index contributed by atoms with van der Waals surface area (Å²) in [6, 6.07) is 2.33. The molecule has 3 fully saturated rings. The summed E-state index contributed by atoms with van der Waals surface area (Å²) in [5.41, 5.74) is 0.607. The molecule has 6 nitrogen and oxygen atoms in total. The van der Waals surface area contributed by atoms with E-state index in [2.05, 4.69) is 17.1 Å². The highest BCUT2D eigenvalue weighted by Gasteiger charge is 2.61. The number of carbonyl (C=O) groups is 2. The third-order valence-electron chi connectivity index (χ3n) is 6.14. The average Bonchev–Trinajstić information content (AvgIpc) is 2.84. The van der Waals surface area contributed by atoms with Gasteiger partial charge >= 0.3 is 0 Å². The van der Waals surface area contributed by atoms with Crippen LogP contribution in [0.1, 0.15) is 49.9 Å². The summed E-state index contributed by atoms with van der Waals surface area (Å²) < 4.78 is 0. The van der Waals surface area contributed by atoms with Crippen molar-refractivity contribution in [2.24, 2.45) is 5.41 Å². The van der Waals surface area contributed by atoms with Crippen LogP contribution in [0.15, 0.2) is 18.5 Å². The van der Waals surface area contributed by atoms with Gasteiger partial charge in [0.25, 0.3) is 5.91 Å². The lowest BCUT2D eigenvalue weighted by Gasteiger charge is -2.49. The van der Waals surface area contributed by atoms with Crippen molar-refractivity contribution in [3.8, 4) is 0 Å². The SMILES string of the molecule is CC(=O)N1C[C@@H]2C[C@@]3(C)[C@H](CCC[C@@H]13)N2C(=O)c1ccnnc1. The van der Waals surface area contributed by atoms with Crippen molar-refractivity contribution in [1.82, 2.24) is 20.0 Å². The molecule has 0 aromatic carbocycles. The third kappa shape index (κ3) is 2.00. The lowest BCUT2D eigenvalue weighted by atomic mass is 9.66. The number of hydrogen-bond donors (Lipinski definition) is 0. The van der Waals surface area contributed by atoms with E-state index in [4.69, 9.17) is 0 Å². The monoisotopic (exact) mass is 314 g/mol. The summed E-state index contributed by atoms with van der Waals surface area (Å²) in [6.45, 7) is 4.58. The molecule has 0 unspecified atom stereocenters. The largest absolute Gasteiger partial charge is 0.337 e. The lowest BCUT2D eigenvalue weighted by molar-refractivity contribution is -0.137. The second kappa shape index (κ2) is 5.01. The van der Waals surface area contributed by atoms with Crippen LogP contribution in [0.3, 0.4) is 0 Å². The highest BCUT2D eigenvalue weighted by molar-refractivity contribution is 5.94. The van der Waals surface area contributed by atoms with Gasteiger partial charge in [0.1, 0.15) is 0 Å². The summed E-state index contributed by atoms with van der Waals surface area (Å²) in [7, 11) is 0. The van der Waals surface area contributed by atoms with E-state index in [1.165, 1.54) is 6.20 Å². The number of amides is 2. The molecule has 2 amide bonds. The molecule has 3 aliphatic rings. The number of fused-ring (bicyclic) bond motifs is 1. The zero-order valence-corrected chi connectivity index (χ0v) is 13.6. The van der Waals surface area contributed by atoms with Crippen LogP contribution in [0, 0.1) is 5.41 Å². The second-order valence-electron chi connectivity index (χ2n) is 7.34. The minimum absolute atomic E-state index is 0.0168. The zero-order valence-electron chi connectivity index (χ0n) is 13.6. The summed E-state index contributed by atoms with van der Waals surface area (Å²) in [5.74, 6) is 0.163. The maximum Gasteiger partial charge on any atom is 0.256 e. The molecule has 4 atom stereocenters. The molecule has 4 rings (SSSR count). The van der Waals surface area contributed by atoms with E-state index in [-0.39, 0.29) is 35.4 Å². The van der Waals surface area contributed by atoms with E-state index in [1.54, 1.807) is 19.2 Å². The Labute approximate surface area is 135 Å². The molecule has 122 valence electrons. The molecule has 2 saturated heterocycles. The predicted molar refractivity (Wildman–Crippen MR) is 83.5 cm³/mol. The summed E-state index contributed by atoms with van der Waals surface area (Å²) in [5, 5.41) is 7.60. The van der Waals surface area contributed by atoms with Crippen molar-refractivity contribution in [2.45, 2.75) is 57.7 Å². The van der Waals surface area contributed by atoms with Crippen LogP contribution in [0.4, 0.5) is 0 Å². The van der Waals surface area contributed by atoms with E-state index in [0.717, 1.165) is 25.7 Å².